The Balaban J connectivity index is 1.33. The van der Waals surface area contributed by atoms with Crippen molar-refractivity contribution < 1.29 is 15.1 Å². The van der Waals surface area contributed by atoms with Crippen LogP contribution in [0.3, 0.4) is 0 Å². The topological polar surface area (TPSA) is 80.4 Å². The van der Waals surface area contributed by atoms with E-state index in [0.29, 0.717) is 6.54 Å². The molecule has 6 heteroatoms. The van der Waals surface area contributed by atoms with Gasteiger partial charge in [-0.25, -0.2) is 0 Å². The number of aryl methyl sites for hydroxylation is 1. The van der Waals surface area contributed by atoms with Crippen molar-refractivity contribution in [3.05, 3.63) is 30.0 Å². The van der Waals surface area contributed by atoms with Gasteiger partial charge >= 0.3 is 0 Å². The number of hydroxylamine groups is 2. The van der Waals surface area contributed by atoms with Crippen LogP contribution in [0.25, 0.3) is 10.9 Å². The van der Waals surface area contributed by atoms with Gasteiger partial charge in [0, 0.05) is 34.7 Å². The summed E-state index contributed by atoms with van der Waals surface area (Å²) in [7, 11) is 0. The predicted molar refractivity (Wildman–Crippen MR) is 109 cm³/mol. The summed E-state index contributed by atoms with van der Waals surface area (Å²) < 4.78 is 6.12. The van der Waals surface area contributed by atoms with Crippen molar-refractivity contribution in [1.29, 1.82) is 0 Å². The van der Waals surface area contributed by atoms with E-state index in [1.54, 1.807) is 0 Å². The first-order valence-electron chi connectivity index (χ1n) is 10.3. The molecule has 1 aromatic carbocycles. The summed E-state index contributed by atoms with van der Waals surface area (Å²) in [4.78, 5) is 3.23. The van der Waals surface area contributed by atoms with Gasteiger partial charge in [-0.3, -0.25) is 0 Å². The number of aromatic amines is 1. The lowest BCUT2D eigenvalue weighted by molar-refractivity contribution is -0.248. The molecule has 2 aromatic rings. The molecule has 3 N–H and O–H groups in total. The van der Waals surface area contributed by atoms with Gasteiger partial charge in [0.25, 0.3) is 0 Å². The number of ether oxygens (including phenoxy) is 1. The summed E-state index contributed by atoms with van der Waals surface area (Å²) in [5.41, 5.74) is 1.58. The van der Waals surface area contributed by atoms with Gasteiger partial charge in [0.05, 0.1) is 0 Å². The van der Waals surface area contributed by atoms with Crippen LogP contribution in [0.1, 0.15) is 46.1 Å². The van der Waals surface area contributed by atoms with Crippen molar-refractivity contribution in [3.63, 3.8) is 0 Å². The third kappa shape index (κ3) is 3.43. The molecule has 0 amide bonds. The first-order chi connectivity index (χ1) is 13.2. The minimum Gasteiger partial charge on any atom is -0.487 e. The van der Waals surface area contributed by atoms with Crippen molar-refractivity contribution in [2.24, 2.45) is 5.92 Å². The number of aromatic nitrogens is 1. The SMILES string of the molecule is CC1(C)CC(CNCC(O)C2CCc3cc4[nH]ccc4cc3O2)C(C)(C)N1[O]. The zero-order chi connectivity index (χ0) is 20.1. The molecule has 1 aromatic heterocycles. The van der Waals surface area contributed by atoms with Gasteiger partial charge in [-0.15, -0.1) is 10.3 Å². The third-order valence-electron chi connectivity index (χ3n) is 6.70. The molecule has 1 radical (unpaired) electrons. The second-order valence-corrected chi connectivity index (χ2v) is 9.61. The van der Waals surface area contributed by atoms with Gasteiger partial charge in [-0.1, -0.05) is 0 Å². The van der Waals surface area contributed by atoms with Gasteiger partial charge in [-0.2, -0.15) is 0 Å². The molecule has 0 aliphatic carbocycles. The first kappa shape index (κ1) is 19.7. The number of nitrogens with zero attached hydrogens (tertiary/aromatic N) is 1. The maximum Gasteiger partial charge on any atom is 0.126 e. The van der Waals surface area contributed by atoms with Gasteiger partial charge < -0.3 is 20.1 Å². The van der Waals surface area contributed by atoms with E-state index in [0.717, 1.165) is 42.5 Å². The number of hydrogen-bond acceptors (Lipinski definition) is 4. The fourth-order valence-electron chi connectivity index (χ4n) is 4.96. The molecule has 1 fully saturated rings. The highest BCUT2D eigenvalue weighted by molar-refractivity contribution is 5.82. The Morgan fingerprint density at radius 1 is 1.36 bits per heavy atom. The second kappa shape index (κ2) is 7.02. The number of H-pyrrole nitrogens is 1. The van der Waals surface area contributed by atoms with Crippen molar-refractivity contribution in [1.82, 2.24) is 15.4 Å². The Kier molecular flexibility index (Phi) is 4.94. The Morgan fingerprint density at radius 3 is 2.86 bits per heavy atom. The summed E-state index contributed by atoms with van der Waals surface area (Å²) in [5.74, 6) is 1.13. The minimum absolute atomic E-state index is 0.208. The van der Waals surface area contributed by atoms with E-state index in [1.165, 1.54) is 10.6 Å². The van der Waals surface area contributed by atoms with Crippen molar-refractivity contribution in [3.8, 4) is 5.75 Å². The number of rotatable bonds is 5. The highest BCUT2D eigenvalue weighted by Gasteiger charge is 2.51. The molecule has 153 valence electrons. The van der Waals surface area contributed by atoms with Crippen LogP contribution in [-0.2, 0) is 11.6 Å². The third-order valence-corrected chi connectivity index (χ3v) is 6.70. The standard InChI is InChI=1S/C22H32N3O3/c1-21(2)11-16(22(3,4)25(21)27)12-23-13-18(26)19-6-5-15-9-17-14(7-8-24-17)10-20(15)28-19/h7-10,16,18-19,23-24,26H,5-6,11-13H2,1-4H3. The molecule has 0 bridgehead atoms. The van der Waals surface area contributed by atoms with Crippen LogP contribution in [0.4, 0.5) is 0 Å². The minimum atomic E-state index is -0.573. The lowest BCUT2D eigenvalue weighted by Crippen LogP contribution is -2.48. The van der Waals surface area contributed by atoms with Crippen LogP contribution in [-0.4, -0.2) is 51.5 Å². The molecular weight excluding hydrogens is 354 g/mol. The van der Waals surface area contributed by atoms with Crippen molar-refractivity contribution >= 4 is 10.9 Å². The number of aliphatic hydroxyl groups excluding tert-OH is 1. The summed E-state index contributed by atoms with van der Waals surface area (Å²) in [5, 5.41) is 28.9. The maximum atomic E-state index is 12.5. The second-order valence-electron chi connectivity index (χ2n) is 9.61. The highest BCUT2D eigenvalue weighted by Crippen LogP contribution is 2.43. The van der Waals surface area contributed by atoms with Crippen LogP contribution >= 0.6 is 0 Å². The summed E-state index contributed by atoms with van der Waals surface area (Å²) >= 11 is 0. The van der Waals surface area contributed by atoms with E-state index in [9.17, 15) is 10.3 Å². The van der Waals surface area contributed by atoms with Crippen molar-refractivity contribution in [2.45, 2.75) is 70.2 Å². The van der Waals surface area contributed by atoms with E-state index >= 15 is 0 Å². The van der Waals surface area contributed by atoms with Gasteiger partial charge in [0.15, 0.2) is 0 Å². The lowest BCUT2D eigenvalue weighted by Gasteiger charge is -2.34. The molecule has 2 aliphatic rings. The molecule has 3 atom stereocenters. The number of fused-ring (bicyclic) bond motifs is 2. The molecule has 0 saturated carbocycles. The predicted octanol–water partition coefficient (Wildman–Crippen LogP) is 3.04. The van der Waals surface area contributed by atoms with Crippen molar-refractivity contribution in [2.75, 3.05) is 13.1 Å². The van der Waals surface area contributed by atoms with E-state index in [2.05, 4.69) is 22.4 Å². The average molecular weight is 387 g/mol. The van der Waals surface area contributed by atoms with Crippen LogP contribution in [0, 0.1) is 5.92 Å². The van der Waals surface area contributed by atoms with Crippen LogP contribution < -0.4 is 10.1 Å². The smallest absolute Gasteiger partial charge is 0.126 e. The first-order valence-corrected chi connectivity index (χ1v) is 10.3. The maximum absolute atomic E-state index is 12.5. The van der Waals surface area contributed by atoms with E-state index < -0.39 is 11.6 Å². The molecule has 3 heterocycles. The Morgan fingerprint density at radius 2 is 2.14 bits per heavy atom. The van der Waals surface area contributed by atoms with Gasteiger partial charge in [-0.05, 0) is 83.2 Å². The van der Waals surface area contributed by atoms with E-state index in [4.69, 9.17) is 4.74 Å². The average Bonchev–Trinajstić information content (AvgIpc) is 3.16. The molecular formula is C22H32N3O3. The Labute approximate surface area is 166 Å². The number of hydrogen-bond donors (Lipinski definition) is 3. The summed E-state index contributed by atoms with van der Waals surface area (Å²) in [6.07, 6.45) is 3.71. The van der Waals surface area contributed by atoms with Gasteiger partial charge in [0.2, 0.25) is 0 Å². The number of nitrogens with one attached hydrogen (secondary N) is 2. The zero-order valence-electron chi connectivity index (χ0n) is 17.3. The molecule has 1 saturated heterocycles. The van der Waals surface area contributed by atoms with Crippen LogP contribution in [0.2, 0.25) is 0 Å². The monoisotopic (exact) mass is 386 g/mol. The Hall–Kier alpha value is -1.60. The molecule has 6 nitrogen and oxygen atoms in total. The van der Waals surface area contributed by atoms with E-state index in [1.807, 2.05) is 40.0 Å². The Bertz CT molecular complexity index is 845. The fraction of sp³-hybridized carbons (Fsp3) is 0.636. The molecule has 28 heavy (non-hydrogen) atoms. The number of benzene rings is 1. The van der Waals surface area contributed by atoms with Gasteiger partial charge in [0.1, 0.15) is 18.0 Å². The quantitative estimate of drug-likeness (QED) is 0.738. The zero-order valence-corrected chi connectivity index (χ0v) is 17.3. The molecule has 3 unspecified atom stereocenters. The van der Waals surface area contributed by atoms with Crippen LogP contribution in [0.15, 0.2) is 24.4 Å². The fourth-order valence-corrected chi connectivity index (χ4v) is 4.96. The summed E-state index contributed by atoms with van der Waals surface area (Å²) in [6, 6.07) is 6.23. The lowest BCUT2D eigenvalue weighted by atomic mass is 9.87. The highest BCUT2D eigenvalue weighted by atomic mass is 16.5. The number of aliphatic hydroxyl groups is 1. The van der Waals surface area contributed by atoms with Crippen LogP contribution in [0.5, 0.6) is 5.75 Å². The molecule has 4 rings (SSSR count). The van der Waals surface area contributed by atoms with E-state index in [-0.39, 0.29) is 17.6 Å². The molecule has 2 aliphatic heterocycles. The molecule has 0 spiro atoms. The normalized spacial score (nSPS) is 27.5. The summed E-state index contributed by atoms with van der Waals surface area (Å²) in [6.45, 7) is 9.23. The largest absolute Gasteiger partial charge is 0.487 e.